The van der Waals surface area contributed by atoms with Crippen LogP contribution in [0.4, 0.5) is 0 Å². The molecule has 37 heavy (non-hydrogen) atoms. The number of hydrogen-bond donors (Lipinski definition) is 5. The fraction of sp³-hybridized carbons (Fsp3) is 1.00. The third-order valence-electron chi connectivity index (χ3n) is 6.08. The van der Waals surface area contributed by atoms with Gasteiger partial charge in [0, 0.05) is 7.11 Å². The Morgan fingerprint density at radius 2 is 0.946 bits per heavy atom. The highest BCUT2D eigenvalue weighted by Gasteiger charge is 2.85. The van der Waals surface area contributed by atoms with Crippen LogP contribution in [0.15, 0.2) is 0 Å². The van der Waals surface area contributed by atoms with Crippen LogP contribution in [0.5, 0.6) is 0 Å². The van der Waals surface area contributed by atoms with Gasteiger partial charge in [-0.2, -0.15) is 0 Å². The lowest BCUT2D eigenvalue weighted by Gasteiger charge is -2.61. The maximum Gasteiger partial charge on any atom is 0.339 e. The van der Waals surface area contributed by atoms with Gasteiger partial charge in [-0.15, -0.1) is 0 Å². The van der Waals surface area contributed by atoms with Crippen LogP contribution in [0.2, 0.25) is 85.1 Å². The van der Waals surface area contributed by atoms with Crippen molar-refractivity contribution in [3.05, 3.63) is 0 Å². The first-order chi connectivity index (χ1) is 16.1. The fourth-order valence-corrected chi connectivity index (χ4v) is 193. The Kier molecular flexibility index (Phi) is 13.6. The molecule has 0 aliphatic carbocycles. The molecule has 0 spiro atoms. The average Bonchev–Trinajstić information content (AvgIpc) is 2.61. The van der Waals surface area contributed by atoms with Crippen molar-refractivity contribution in [1.29, 1.82) is 0 Å². The summed E-state index contributed by atoms with van der Waals surface area (Å²) in [6, 6.07) is 0. The van der Waals surface area contributed by atoms with Gasteiger partial charge in [-0.3, -0.25) is 0 Å². The molecule has 0 radical (unpaired) electrons. The molecule has 0 aliphatic rings. The third-order valence-corrected chi connectivity index (χ3v) is 130. The topological polar surface area (TPSA) is 157 Å². The van der Waals surface area contributed by atoms with Gasteiger partial charge in [0.1, 0.15) is 10.5 Å². The predicted octanol–water partition coefficient (Wildman–Crippen LogP) is -1.88. The molecule has 0 aliphatic heterocycles. The molecule has 0 aromatic heterocycles. The van der Waals surface area contributed by atoms with E-state index < -0.39 is 89.6 Å². The van der Waals surface area contributed by atoms with Gasteiger partial charge in [0.05, 0.1) is 0 Å². The molecule has 0 aromatic rings. The van der Waals surface area contributed by atoms with E-state index in [0.29, 0.717) is 0 Å². The van der Waals surface area contributed by atoms with E-state index in [1.165, 1.54) is 0 Å². The lowest BCUT2D eigenvalue weighted by Crippen LogP contribution is -3.00. The molecular formula is C14H54O11Si12. The van der Waals surface area contributed by atoms with Gasteiger partial charge in [-0.1, -0.05) is 0 Å². The van der Waals surface area contributed by atoms with E-state index in [9.17, 15) is 24.0 Å². The molecule has 23 heteroatoms. The van der Waals surface area contributed by atoms with E-state index in [0.717, 1.165) is 0 Å². The zero-order valence-electron chi connectivity index (χ0n) is 25.6. The molecule has 11 nitrogen and oxygen atoms in total. The summed E-state index contributed by atoms with van der Waals surface area (Å²) in [5.74, 6) is 0. The second kappa shape index (κ2) is 12.8. The van der Waals surface area contributed by atoms with Gasteiger partial charge >= 0.3 is 33.3 Å². The van der Waals surface area contributed by atoms with Crippen LogP contribution in [0.3, 0.4) is 0 Å². The van der Waals surface area contributed by atoms with Crippen LogP contribution in [0, 0.1) is 0 Å². The number of hydrogen-bond acceptors (Lipinski definition) is 11. The first kappa shape index (κ1) is 39.2. The Bertz CT molecular complexity index is 745. The Hall–Kier alpha value is 2.16. The van der Waals surface area contributed by atoms with E-state index in [1.54, 1.807) is 46.4 Å². The molecule has 0 heterocycles. The lowest BCUT2D eigenvalue weighted by atomic mass is 11.8. The largest absolute Gasteiger partial charge is 0.463 e. The molecule has 224 valence electrons. The highest BCUT2D eigenvalue weighted by Crippen LogP contribution is 2.43. The maximum atomic E-state index is 12.1. The van der Waals surface area contributed by atoms with Crippen LogP contribution < -0.4 is 0 Å². The summed E-state index contributed by atoms with van der Waals surface area (Å²) in [6.07, 6.45) is 0. The van der Waals surface area contributed by atoms with E-state index in [2.05, 4.69) is 19.6 Å². The molecule has 0 bridgehead atoms. The molecule has 3 atom stereocenters. The van der Waals surface area contributed by atoms with E-state index in [1.807, 2.05) is 26.2 Å². The average molecular weight is 736 g/mol. The highest BCUT2D eigenvalue weighted by atomic mass is 30.2. The highest BCUT2D eigenvalue weighted by molar-refractivity contribution is 8.01. The minimum absolute atomic E-state index is 0.186. The van der Waals surface area contributed by atoms with Crippen molar-refractivity contribution in [1.82, 2.24) is 0 Å². The third kappa shape index (κ3) is 9.07. The summed E-state index contributed by atoms with van der Waals surface area (Å²) in [5, 5.41) is 0. The summed E-state index contributed by atoms with van der Waals surface area (Å²) >= 11 is 0. The van der Waals surface area contributed by atoms with Crippen molar-refractivity contribution >= 4 is 100 Å². The van der Waals surface area contributed by atoms with Crippen molar-refractivity contribution in [2.75, 3.05) is 7.11 Å². The molecular weight excluding hydrogens is 681 g/mol. The molecule has 0 aromatic carbocycles. The monoisotopic (exact) mass is 734 g/mol. The van der Waals surface area contributed by atoms with E-state index >= 15 is 0 Å². The predicted molar refractivity (Wildman–Crippen MR) is 179 cm³/mol. The molecule has 0 saturated heterocycles. The second-order valence-corrected chi connectivity index (χ2v) is 84.2. The van der Waals surface area contributed by atoms with E-state index in [-0.39, 0.29) is 10.5 Å². The Morgan fingerprint density at radius 3 is 1.19 bits per heavy atom. The standard InChI is InChI=1S/C14H54O11Si12/c1-20-33(11,12)24-35(25-34(13,14)22-29(2,3)4,36(21-26,27-15)31(7,8)18)37(28-16,32(9,10)19)23-30(5,6)17/h15-19H,27-28H2,1-14,26H3. The molecule has 0 amide bonds. The zero-order chi connectivity index (χ0) is 30.2. The smallest absolute Gasteiger partial charge is 0.339 e. The second-order valence-electron chi connectivity index (χ2n) is 12.9. The van der Waals surface area contributed by atoms with Gasteiger partial charge < -0.3 is 49.0 Å². The van der Waals surface area contributed by atoms with Crippen molar-refractivity contribution in [3.63, 3.8) is 0 Å². The van der Waals surface area contributed by atoms with Gasteiger partial charge in [0.25, 0.3) is 13.7 Å². The SMILES string of the molecule is CO[Si](C)(C)O[Si](O[Si](C)(C)O[Si](C)(C)C)([Si](O[SiH3])([SiH2]O)[Si](C)(C)O)[Si](O[Si](C)(C)O)([SiH2]O)[Si](C)(C)O. The molecule has 5 N–H and O–H groups in total. The van der Waals surface area contributed by atoms with Crippen molar-refractivity contribution < 1.29 is 49.0 Å². The van der Waals surface area contributed by atoms with Gasteiger partial charge in [0.15, 0.2) is 26.9 Å². The molecule has 0 rings (SSSR count). The van der Waals surface area contributed by atoms with Crippen molar-refractivity contribution in [3.8, 4) is 0 Å². The summed E-state index contributed by atoms with van der Waals surface area (Å²) < 4.78 is 40.1. The zero-order valence-corrected chi connectivity index (χ0v) is 39.4. The lowest BCUT2D eigenvalue weighted by molar-refractivity contribution is 0.271. The summed E-state index contributed by atoms with van der Waals surface area (Å²) in [4.78, 5) is 58.1. The van der Waals surface area contributed by atoms with Gasteiger partial charge in [-0.25, -0.2) is 0 Å². The van der Waals surface area contributed by atoms with Gasteiger partial charge in [0.2, 0.25) is 15.7 Å². The van der Waals surface area contributed by atoms with Crippen molar-refractivity contribution in [2.24, 2.45) is 0 Å². The Balaban J connectivity index is 8.37. The Morgan fingerprint density at radius 1 is 0.568 bits per heavy atom. The van der Waals surface area contributed by atoms with Gasteiger partial charge in [-0.05, 0) is 85.1 Å². The first-order valence-electron chi connectivity index (χ1n) is 12.4. The van der Waals surface area contributed by atoms with E-state index in [4.69, 9.17) is 25.0 Å². The van der Waals surface area contributed by atoms with Crippen molar-refractivity contribution in [2.45, 2.75) is 85.1 Å². The van der Waals surface area contributed by atoms with Crippen LogP contribution >= 0.6 is 0 Å². The normalized spacial score (nSPS) is 20.5. The first-order valence-corrected chi connectivity index (χ1v) is 46.5. The fourth-order valence-electron chi connectivity index (χ4n) is 4.67. The van der Waals surface area contributed by atoms with Crippen LogP contribution in [-0.2, 0) is 25.0 Å². The minimum atomic E-state index is -4.24. The molecule has 0 fully saturated rings. The van der Waals surface area contributed by atoms with Crippen LogP contribution in [0.25, 0.3) is 0 Å². The molecule has 0 saturated carbocycles. The maximum absolute atomic E-state index is 12.1. The molecule has 3 unspecified atom stereocenters. The number of rotatable bonds is 16. The summed E-state index contributed by atoms with van der Waals surface area (Å²) in [7, 11) is -25.6. The Labute approximate surface area is 240 Å². The quantitative estimate of drug-likeness (QED) is 0.113. The summed E-state index contributed by atoms with van der Waals surface area (Å²) in [6.45, 7) is 16.0. The summed E-state index contributed by atoms with van der Waals surface area (Å²) in [5.41, 5.74) is 0. The minimum Gasteiger partial charge on any atom is -0.463 e. The van der Waals surface area contributed by atoms with Crippen LogP contribution in [-0.4, -0.2) is 131 Å². The van der Waals surface area contributed by atoms with Crippen LogP contribution in [0.1, 0.15) is 0 Å².